The smallest absolute Gasteiger partial charge is 0.331 e. The molecule has 1 aliphatic rings. The van der Waals surface area contributed by atoms with Crippen molar-refractivity contribution in [3.8, 4) is 0 Å². The Morgan fingerprint density at radius 3 is 2.70 bits per heavy atom. The molecule has 0 saturated heterocycles. The normalized spacial score (nSPS) is 17.6. The minimum atomic E-state index is -0.899. The topological polar surface area (TPSA) is 63.3 Å². The van der Waals surface area contributed by atoms with Crippen molar-refractivity contribution in [3.63, 3.8) is 0 Å². The Balaban J connectivity index is 2.74. The maximum atomic E-state index is 10.3. The number of allylic oxidation sites excluding steroid dienone is 3. The molecule has 0 saturated carbocycles. The zero-order valence-electron chi connectivity index (χ0n) is 5.37. The van der Waals surface area contributed by atoms with Gasteiger partial charge in [0.05, 0.1) is 0 Å². The van der Waals surface area contributed by atoms with Gasteiger partial charge in [0.1, 0.15) is 0 Å². The lowest BCUT2D eigenvalue weighted by molar-refractivity contribution is -0.132. The molecule has 0 atom stereocenters. The molecule has 1 rings (SSSR count). The molecule has 1 radical (unpaired) electrons. The summed E-state index contributed by atoms with van der Waals surface area (Å²) in [5, 5.41) is 8.45. The predicted octanol–water partition coefficient (Wildman–Crippen LogP) is 0.448. The van der Waals surface area contributed by atoms with Gasteiger partial charge in [-0.15, -0.1) is 0 Å². The highest BCUT2D eigenvalue weighted by atomic mass is 16.4. The van der Waals surface area contributed by atoms with E-state index in [-0.39, 0.29) is 0 Å². The largest absolute Gasteiger partial charge is 0.478 e. The minimum absolute atomic E-state index is 0.314. The predicted molar refractivity (Wildman–Crippen MR) is 36.9 cm³/mol. The molecular formula is C7H8NO2. The van der Waals surface area contributed by atoms with Gasteiger partial charge in [-0.1, -0.05) is 0 Å². The van der Waals surface area contributed by atoms with Gasteiger partial charge in [-0.25, -0.2) is 4.79 Å². The Labute approximate surface area is 58.8 Å². The van der Waals surface area contributed by atoms with Gasteiger partial charge in [-0.3, -0.25) is 0 Å². The Hall–Kier alpha value is -1.25. The average molecular weight is 138 g/mol. The summed E-state index contributed by atoms with van der Waals surface area (Å²) in [6.45, 7) is 0. The molecule has 0 fully saturated rings. The zero-order valence-corrected chi connectivity index (χ0v) is 5.37. The Kier molecular flexibility index (Phi) is 1.76. The van der Waals surface area contributed by atoms with Gasteiger partial charge in [0.2, 0.25) is 0 Å². The molecule has 53 valence electrons. The summed E-state index contributed by atoms with van der Waals surface area (Å²) in [5.74, 6) is -0.899. The first-order valence-corrected chi connectivity index (χ1v) is 2.93. The molecule has 0 aliphatic heterocycles. The van der Waals surface area contributed by atoms with Gasteiger partial charge >= 0.3 is 5.97 Å². The molecule has 1 aliphatic carbocycles. The number of aliphatic carboxylic acids is 1. The molecule has 10 heavy (non-hydrogen) atoms. The first-order valence-electron chi connectivity index (χ1n) is 2.93. The minimum Gasteiger partial charge on any atom is -0.478 e. The van der Waals surface area contributed by atoms with Crippen LogP contribution in [0.15, 0.2) is 23.4 Å². The van der Waals surface area contributed by atoms with E-state index in [0.717, 1.165) is 0 Å². The molecule has 0 aromatic heterocycles. The van der Waals surface area contributed by atoms with Crippen LogP contribution in [-0.2, 0) is 4.79 Å². The van der Waals surface area contributed by atoms with Gasteiger partial charge in [-0.2, -0.15) is 0 Å². The fourth-order valence-corrected chi connectivity index (χ4v) is 0.719. The highest BCUT2D eigenvalue weighted by Crippen LogP contribution is 2.13. The van der Waals surface area contributed by atoms with E-state index in [9.17, 15) is 4.79 Å². The van der Waals surface area contributed by atoms with Crippen molar-refractivity contribution in [1.82, 2.24) is 0 Å². The van der Waals surface area contributed by atoms with Gasteiger partial charge in [0.15, 0.2) is 0 Å². The van der Waals surface area contributed by atoms with Crippen LogP contribution in [0.1, 0.15) is 6.42 Å². The molecule has 3 nitrogen and oxygen atoms in total. The van der Waals surface area contributed by atoms with Crippen molar-refractivity contribution < 1.29 is 9.90 Å². The summed E-state index contributed by atoms with van der Waals surface area (Å²) in [6.07, 6.45) is 5.25. The third-order valence-corrected chi connectivity index (χ3v) is 1.28. The molecular weight excluding hydrogens is 130 g/mol. The third kappa shape index (κ3) is 1.37. The quantitative estimate of drug-likeness (QED) is 0.552. The summed E-state index contributed by atoms with van der Waals surface area (Å²) in [4.78, 5) is 10.3. The summed E-state index contributed by atoms with van der Waals surface area (Å²) < 4.78 is 0. The highest BCUT2D eigenvalue weighted by Gasteiger charge is 2.09. The van der Waals surface area contributed by atoms with Crippen LogP contribution in [0.3, 0.4) is 0 Å². The van der Waals surface area contributed by atoms with Crippen molar-refractivity contribution in [2.45, 2.75) is 6.42 Å². The van der Waals surface area contributed by atoms with Gasteiger partial charge in [-0.05, 0) is 18.6 Å². The number of hydrogen-bond acceptors (Lipinski definition) is 2. The van der Waals surface area contributed by atoms with Crippen molar-refractivity contribution in [2.24, 2.45) is 5.73 Å². The van der Waals surface area contributed by atoms with Crippen LogP contribution in [0.25, 0.3) is 0 Å². The lowest BCUT2D eigenvalue weighted by Gasteiger charge is -2.06. The summed E-state index contributed by atoms with van der Waals surface area (Å²) in [5.41, 5.74) is 6.40. The van der Waals surface area contributed by atoms with Crippen molar-refractivity contribution in [2.75, 3.05) is 0 Å². The van der Waals surface area contributed by atoms with Crippen molar-refractivity contribution in [3.05, 3.63) is 29.8 Å². The number of carbonyl (C=O) groups is 1. The standard InChI is InChI=1S/C7H8NO2/c8-6-3-1-5(2-4-6)7(9)10/h1-3H,4,8H2,(H,9,10). The zero-order chi connectivity index (χ0) is 7.56. The summed E-state index contributed by atoms with van der Waals surface area (Å²) in [6, 6.07) is 0. The fraction of sp³-hybridized carbons (Fsp3) is 0.143. The monoisotopic (exact) mass is 138 g/mol. The maximum Gasteiger partial charge on any atom is 0.331 e. The van der Waals surface area contributed by atoms with Crippen LogP contribution in [-0.4, -0.2) is 11.1 Å². The number of nitrogens with two attached hydrogens (primary N) is 1. The Morgan fingerprint density at radius 1 is 1.60 bits per heavy atom. The van der Waals surface area contributed by atoms with Gasteiger partial charge < -0.3 is 10.8 Å². The van der Waals surface area contributed by atoms with Crippen molar-refractivity contribution >= 4 is 5.97 Å². The second-order valence-electron chi connectivity index (χ2n) is 2.08. The molecule has 3 N–H and O–H groups in total. The first-order chi connectivity index (χ1) is 4.70. The van der Waals surface area contributed by atoms with Crippen LogP contribution in [0.2, 0.25) is 0 Å². The molecule has 0 aromatic carbocycles. The molecule has 0 bridgehead atoms. The Morgan fingerprint density at radius 2 is 2.30 bits per heavy atom. The van der Waals surface area contributed by atoms with E-state index in [4.69, 9.17) is 10.8 Å². The number of carboxylic acids is 1. The lowest BCUT2D eigenvalue weighted by Crippen LogP contribution is -2.08. The summed E-state index contributed by atoms with van der Waals surface area (Å²) >= 11 is 0. The van der Waals surface area contributed by atoms with Crippen LogP contribution >= 0.6 is 0 Å². The third-order valence-electron chi connectivity index (χ3n) is 1.28. The average Bonchev–Trinajstić information content (AvgIpc) is 1.88. The van der Waals surface area contributed by atoms with Crippen LogP contribution < -0.4 is 5.73 Å². The van der Waals surface area contributed by atoms with E-state index in [1.807, 2.05) is 0 Å². The van der Waals surface area contributed by atoms with E-state index in [2.05, 4.69) is 0 Å². The molecule has 0 unspecified atom stereocenters. The van der Waals surface area contributed by atoms with E-state index < -0.39 is 5.97 Å². The fourth-order valence-electron chi connectivity index (χ4n) is 0.719. The molecule has 0 amide bonds. The molecule has 0 spiro atoms. The van der Waals surface area contributed by atoms with E-state index in [1.165, 1.54) is 6.08 Å². The van der Waals surface area contributed by atoms with Gasteiger partial charge in [0, 0.05) is 17.7 Å². The van der Waals surface area contributed by atoms with E-state index in [1.54, 1.807) is 12.5 Å². The van der Waals surface area contributed by atoms with E-state index in [0.29, 0.717) is 17.7 Å². The Bertz CT molecular complexity index is 216. The maximum absolute atomic E-state index is 10.3. The molecule has 3 heteroatoms. The number of carboxylic acid groups (broad SMARTS) is 1. The SMILES string of the molecule is NC1=CC=C(C(=O)O)[CH]C1. The van der Waals surface area contributed by atoms with Gasteiger partial charge in [0.25, 0.3) is 0 Å². The second-order valence-corrected chi connectivity index (χ2v) is 2.08. The lowest BCUT2D eigenvalue weighted by atomic mass is 10.0. The van der Waals surface area contributed by atoms with E-state index >= 15 is 0 Å². The number of rotatable bonds is 1. The molecule has 0 heterocycles. The highest BCUT2D eigenvalue weighted by molar-refractivity contribution is 5.89. The second kappa shape index (κ2) is 2.56. The molecule has 0 aromatic rings. The van der Waals surface area contributed by atoms with Crippen LogP contribution in [0, 0.1) is 6.42 Å². The van der Waals surface area contributed by atoms with Crippen LogP contribution in [0.5, 0.6) is 0 Å². The first kappa shape index (κ1) is 6.86. The van der Waals surface area contributed by atoms with Crippen molar-refractivity contribution in [1.29, 1.82) is 0 Å². The summed E-state index contributed by atoms with van der Waals surface area (Å²) in [7, 11) is 0. The van der Waals surface area contributed by atoms with Crippen LogP contribution in [0.4, 0.5) is 0 Å². The number of hydrogen-bond donors (Lipinski definition) is 2.